The molecule has 1 amide bonds. The van der Waals surface area contributed by atoms with Crippen LogP contribution in [0.3, 0.4) is 0 Å². The van der Waals surface area contributed by atoms with Gasteiger partial charge in [-0.05, 0) is 55.8 Å². The Hall–Kier alpha value is -3.16. The number of thioether (sulfide) groups is 1. The lowest BCUT2D eigenvalue weighted by atomic mass is 10.2. The van der Waals surface area contributed by atoms with Crippen LogP contribution in [0.25, 0.3) is 17.1 Å². The predicted molar refractivity (Wildman–Crippen MR) is 125 cm³/mol. The number of aryl methyl sites for hydroxylation is 1. The molecule has 2 aromatic heterocycles. The van der Waals surface area contributed by atoms with E-state index in [1.165, 1.54) is 11.8 Å². The van der Waals surface area contributed by atoms with Crippen molar-refractivity contribution in [1.29, 1.82) is 0 Å². The zero-order chi connectivity index (χ0) is 21.8. The molecule has 0 aliphatic carbocycles. The first-order valence-corrected chi connectivity index (χ1v) is 10.9. The quantitative estimate of drug-likeness (QED) is 0.398. The summed E-state index contributed by atoms with van der Waals surface area (Å²) in [6.07, 6.45) is 3.41. The summed E-state index contributed by atoms with van der Waals surface area (Å²) in [6, 6.07) is 18.9. The molecule has 0 fully saturated rings. The van der Waals surface area contributed by atoms with Crippen molar-refractivity contribution in [3.63, 3.8) is 0 Å². The van der Waals surface area contributed by atoms with Crippen molar-refractivity contribution in [2.75, 3.05) is 5.32 Å². The molecular formula is C23H20ClN5OS. The zero-order valence-electron chi connectivity index (χ0n) is 17.0. The third-order valence-electron chi connectivity index (χ3n) is 4.69. The first-order chi connectivity index (χ1) is 15.0. The maximum Gasteiger partial charge on any atom is 0.237 e. The number of nitrogens with one attached hydrogen (secondary N) is 1. The van der Waals surface area contributed by atoms with Crippen LogP contribution in [0.5, 0.6) is 0 Å². The Labute approximate surface area is 189 Å². The number of pyridine rings is 1. The van der Waals surface area contributed by atoms with Crippen molar-refractivity contribution >= 4 is 35.0 Å². The molecule has 0 bridgehead atoms. The second-order valence-electron chi connectivity index (χ2n) is 6.92. The summed E-state index contributed by atoms with van der Waals surface area (Å²) in [5, 5.41) is 12.6. The van der Waals surface area contributed by atoms with Gasteiger partial charge in [0.25, 0.3) is 0 Å². The van der Waals surface area contributed by atoms with E-state index in [4.69, 9.17) is 11.6 Å². The van der Waals surface area contributed by atoms with Crippen molar-refractivity contribution in [2.45, 2.75) is 24.3 Å². The topological polar surface area (TPSA) is 72.7 Å². The van der Waals surface area contributed by atoms with Gasteiger partial charge in [0.15, 0.2) is 11.0 Å². The summed E-state index contributed by atoms with van der Waals surface area (Å²) in [5.74, 6) is 0.545. The Morgan fingerprint density at radius 2 is 1.84 bits per heavy atom. The van der Waals surface area contributed by atoms with Crippen LogP contribution < -0.4 is 5.32 Å². The number of rotatable bonds is 6. The van der Waals surface area contributed by atoms with Gasteiger partial charge in [-0.2, -0.15) is 0 Å². The van der Waals surface area contributed by atoms with Gasteiger partial charge >= 0.3 is 0 Å². The van der Waals surface area contributed by atoms with E-state index < -0.39 is 5.25 Å². The molecule has 8 heteroatoms. The molecule has 0 aliphatic rings. The molecule has 0 spiro atoms. The van der Waals surface area contributed by atoms with Gasteiger partial charge in [0.1, 0.15) is 0 Å². The molecule has 6 nitrogen and oxygen atoms in total. The molecule has 4 aromatic rings. The fourth-order valence-electron chi connectivity index (χ4n) is 3.04. The molecule has 1 atom stereocenters. The number of para-hydroxylation sites is 1. The number of benzene rings is 2. The number of carbonyl (C=O) groups excluding carboxylic acids is 1. The van der Waals surface area contributed by atoms with Crippen molar-refractivity contribution in [3.05, 3.63) is 83.6 Å². The van der Waals surface area contributed by atoms with Crippen LogP contribution in [0.1, 0.15) is 12.5 Å². The van der Waals surface area contributed by atoms with Crippen LogP contribution in [-0.2, 0) is 4.79 Å². The number of carbonyl (C=O) groups is 1. The van der Waals surface area contributed by atoms with Crippen LogP contribution in [0.2, 0.25) is 5.02 Å². The van der Waals surface area contributed by atoms with Crippen LogP contribution in [0, 0.1) is 6.92 Å². The minimum absolute atomic E-state index is 0.106. The highest BCUT2D eigenvalue weighted by atomic mass is 35.5. The number of hydrogen-bond acceptors (Lipinski definition) is 5. The highest BCUT2D eigenvalue weighted by Crippen LogP contribution is 2.31. The summed E-state index contributed by atoms with van der Waals surface area (Å²) < 4.78 is 1.91. The maximum atomic E-state index is 12.8. The number of hydrogen-bond donors (Lipinski definition) is 1. The Morgan fingerprint density at radius 1 is 1.06 bits per heavy atom. The average Bonchev–Trinajstić information content (AvgIpc) is 3.19. The molecule has 0 saturated heterocycles. The summed E-state index contributed by atoms with van der Waals surface area (Å²) >= 11 is 7.58. The summed E-state index contributed by atoms with van der Waals surface area (Å²) in [4.78, 5) is 16.9. The lowest BCUT2D eigenvalue weighted by molar-refractivity contribution is -0.115. The monoisotopic (exact) mass is 449 g/mol. The van der Waals surface area contributed by atoms with Crippen molar-refractivity contribution < 1.29 is 4.79 Å². The second-order valence-corrected chi connectivity index (χ2v) is 8.67. The van der Waals surface area contributed by atoms with E-state index >= 15 is 0 Å². The molecule has 2 heterocycles. The van der Waals surface area contributed by atoms with Gasteiger partial charge < -0.3 is 5.32 Å². The molecule has 0 aliphatic heterocycles. The summed E-state index contributed by atoms with van der Waals surface area (Å²) in [6.45, 7) is 3.81. The number of halogens is 1. The molecule has 1 N–H and O–H groups in total. The van der Waals surface area contributed by atoms with E-state index in [-0.39, 0.29) is 5.91 Å². The second kappa shape index (κ2) is 9.32. The first-order valence-electron chi connectivity index (χ1n) is 9.68. The molecule has 156 valence electrons. The van der Waals surface area contributed by atoms with Gasteiger partial charge in [-0.1, -0.05) is 47.6 Å². The van der Waals surface area contributed by atoms with E-state index in [9.17, 15) is 4.79 Å². The molecule has 1 unspecified atom stereocenters. The highest BCUT2D eigenvalue weighted by molar-refractivity contribution is 8.00. The standard InChI is InChI=1S/C23H20ClN5OS/c1-15-6-3-4-9-20(15)26-22(30)16(2)31-23-28-27-21(17-10-12-25-13-11-17)29(23)19-8-5-7-18(24)14-19/h3-14,16H,1-2H3,(H,26,30). The summed E-state index contributed by atoms with van der Waals surface area (Å²) in [7, 11) is 0. The Bertz CT molecular complexity index is 1210. The number of amides is 1. The van der Waals surface area contributed by atoms with Crippen LogP contribution in [0.15, 0.2) is 78.2 Å². The van der Waals surface area contributed by atoms with E-state index in [2.05, 4.69) is 20.5 Å². The van der Waals surface area contributed by atoms with Crippen molar-refractivity contribution in [1.82, 2.24) is 19.7 Å². The van der Waals surface area contributed by atoms with Gasteiger partial charge in [0, 0.05) is 28.7 Å². The fraction of sp³-hybridized carbons (Fsp3) is 0.130. The van der Waals surface area contributed by atoms with Crippen molar-refractivity contribution in [2.24, 2.45) is 0 Å². The van der Waals surface area contributed by atoms with E-state index in [0.717, 1.165) is 22.5 Å². The Morgan fingerprint density at radius 3 is 2.58 bits per heavy atom. The minimum Gasteiger partial charge on any atom is -0.325 e. The van der Waals surface area contributed by atoms with E-state index in [0.29, 0.717) is 16.0 Å². The van der Waals surface area contributed by atoms with Gasteiger partial charge in [-0.15, -0.1) is 10.2 Å². The third kappa shape index (κ3) is 4.78. The molecule has 0 saturated carbocycles. The summed E-state index contributed by atoms with van der Waals surface area (Å²) in [5.41, 5.74) is 3.49. The molecule has 2 aromatic carbocycles. The van der Waals surface area contributed by atoms with E-state index in [1.807, 2.05) is 79.1 Å². The third-order valence-corrected chi connectivity index (χ3v) is 5.97. The molecular weight excluding hydrogens is 430 g/mol. The van der Waals surface area contributed by atoms with Crippen molar-refractivity contribution in [3.8, 4) is 17.1 Å². The predicted octanol–water partition coefficient (Wildman–Crippen LogP) is 5.41. The average molecular weight is 450 g/mol. The highest BCUT2D eigenvalue weighted by Gasteiger charge is 2.22. The first kappa shape index (κ1) is 21.1. The van der Waals surface area contributed by atoms with Gasteiger partial charge in [-0.3, -0.25) is 14.3 Å². The van der Waals surface area contributed by atoms with Crippen LogP contribution in [-0.4, -0.2) is 30.9 Å². The molecule has 4 rings (SSSR count). The van der Waals surface area contributed by atoms with Crippen LogP contribution >= 0.6 is 23.4 Å². The fourth-order valence-corrected chi connectivity index (χ4v) is 4.09. The zero-order valence-corrected chi connectivity index (χ0v) is 18.6. The van der Waals surface area contributed by atoms with Crippen LogP contribution in [0.4, 0.5) is 5.69 Å². The Balaban J connectivity index is 1.66. The Kier molecular flexibility index (Phi) is 6.34. The van der Waals surface area contributed by atoms with Gasteiger partial charge in [0.05, 0.1) is 10.9 Å². The number of nitrogens with zero attached hydrogens (tertiary/aromatic N) is 4. The smallest absolute Gasteiger partial charge is 0.237 e. The number of aromatic nitrogens is 4. The number of anilines is 1. The lowest BCUT2D eigenvalue weighted by Crippen LogP contribution is -2.23. The normalized spacial score (nSPS) is 11.8. The van der Waals surface area contributed by atoms with E-state index in [1.54, 1.807) is 12.4 Å². The SMILES string of the molecule is Cc1ccccc1NC(=O)C(C)Sc1nnc(-c2ccncc2)n1-c1cccc(Cl)c1. The molecule has 31 heavy (non-hydrogen) atoms. The lowest BCUT2D eigenvalue weighted by Gasteiger charge is -2.15. The minimum atomic E-state index is -0.396. The largest absolute Gasteiger partial charge is 0.325 e. The molecule has 0 radical (unpaired) electrons. The van der Waals surface area contributed by atoms with Gasteiger partial charge in [0.2, 0.25) is 5.91 Å². The van der Waals surface area contributed by atoms with Gasteiger partial charge in [-0.25, -0.2) is 0 Å². The maximum absolute atomic E-state index is 12.8.